The smallest absolute Gasteiger partial charge is 0.306 e. The van der Waals surface area contributed by atoms with Crippen LogP contribution in [0.1, 0.15) is 39.0 Å². The topological polar surface area (TPSA) is 46.5 Å². The first kappa shape index (κ1) is 13.0. The summed E-state index contributed by atoms with van der Waals surface area (Å²) in [5.74, 6) is 5.67. The van der Waals surface area contributed by atoms with Gasteiger partial charge in [-0.3, -0.25) is 4.79 Å². The first-order chi connectivity index (χ1) is 6.81. The van der Waals surface area contributed by atoms with E-state index < -0.39 is 0 Å². The second-order valence-corrected chi connectivity index (χ2v) is 2.84. The largest absolute Gasteiger partial charge is 0.466 e. The van der Waals surface area contributed by atoms with E-state index in [-0.39, 0.29) is 12.6 Å². The van der Waals surface area contributed by atoms with Gasteiger partial charge in [-0.25, -0.2) is 0 Å². The predicted octanol–water partition coefficient (Wildman–Crippen LogP) is 1.50. The average molecular weight is 198 g/mol. The molecule has 0 aliphatic rings. The Morgan fingerprint density at radius 2 is 2.00 bits per heavy atom. The van der Waals surface area contributed by atoms with Gasteiger partial charge in [-0.15, -0.1) is 11.8 Å². The summed E-state index contributed by atoms with van der Waals surface area (Å²) in [6.07, 6.45) is 3.46. The summed E-state index contributed by atoms with van der Waals surface area (Å²) < 4.78 is 4.75. The van der Waals surface area contributed by atoms with Gasteiger partial charge in [0.15, 0.2) is 0 Å². The van der Waals surface area contributed by atoms with Gasteiger partial charge in [0.25, 0.3) is 0 Å². The van der Waals surface area contributed by atoms with Crippen molar-refractivity contribution in [2.24, 2.45) is 0 Å². The van der Waals surface area contributed by atoms with Crippen LogP contribution in [0.5, 0.6) is 0 Å². The summed E-state index contributed by atoms with van der Waals surface area (Å²) in [6, 6.07) is 0. The van der Waals surface area contributed by atoms with Gasteiger partial charge in [0.2, 0.25) is 0 Å². The number of hydrogen-bond donors (Lipinski definition) is 1. The van der Waals surface area contributed by atoms with Gasteiger partial charge in [0.05, 0.1) is 13.0 Å². The molecule has 0 atom stereocenters. The lowest BCUT2D eigenvalue weighted by molar-refractivity contribution is -0.142. The molecule has 0 aliphatic heterocycles. The van der Waals surface area contributed by atoms with Crippen molar-refractivity contribution in [1.29, 1.82) is 0 Å². The lowest BCUT2D eigenvalue weighted by Crippen LogP contribution is -2.02. The Hall–Kier alpha value is -1.01. The molecule has 0 heterocycles. The van der Waals surface area contributed by atoms with Crippen molar-refractivity contribution in [3.05, 3.63) is 0 Å². The highest BCUT2D eigenvalue weighted by Gasteiger charge is 1.97. The third kappa shape index (κ3) is 9.08. The van der Waals surface area contributed by atoms with Crippen LogP contribution in [0.3, 0.4) is 0 Å². The third-order valence-electron chi connectivity index (χ3n) is 1.59. The molecule has 0 fully saturated rings. The van der Waals surface area contributed by atoms with E-state index in [1.807, 2.05) is 0 Å². The van der Waals surface area contributed by atoms with Crippen LogP contribution in [0.2, 0.25) is 0 Å². The summed E-state index contributed by atoms with van der Waals surface area (Å²) in [7, 11) is 0. The van der Waals surface area contributed by atoms with Gasteiger partial charge in [0, 0.05) is 19.4 Å². The molecule has 14 heavy (non-hydrogen) atoms. The SMILES string of the molecule is CCOC(=O)CCC#CCCCCO. The monoisotopic (exact) mass is 198 g/mol. The summed E-state index contributed by atoms with van der Waals surface area (Å²) in [5.41, 5.74) is 0. The summed E-state index contributed by atoms with van der Waals surface area (Å²) in [4.78, 5) is 10.9. The maximum absolute atomic E-state index is 10.9. The molecule has 0 aliphatic carbocycles. The van der Waals surface area contributed by atoms with E-state index in [9.17, 15) is 4.79 Å². The molecule has 0 radical (unpaired) electrons. The van der Waals surface area contributed by atoms with E-state index in [0.717, 1.165) is 19.3 Å². The molecule has 0 rings (SSSR count). The van der Waals surface area contributed by atoms with Crippen LogP contribution in [0.15, 0.2) is 0 Å². The number of carbonyl (C=O) groups is 1. The zero-order chi connectivity index (χ0) is 10.6. The molecule has 0 aromatic carbocycles. The molecule has 80 valence electrons. The van der Waals surface area contributed by atoms with Gasteiger partial charge < -0.3 is 9.84 Å². The molecule has 3 heteroatoms. The van der Waals surface area contributed by atoms with E-state index in [4.69, 9.17) is 9.84 Å². The van der Waals surface area contributed by atoms with Crippen LogP contribution >= 0.6 is 0 Å². The molecule has 3 nitrogen and oxygen atoms in total. The van der Waals surface area contributed by atoms with Crippen molar-refractivity contribution in [3.8, 4) is 11.8 Å². The standard InChI is InChI=1S/C11H18O3/c1-2-14-11(13)9-7-5-3-4-6-8-10-12/h12H,2,4,6-10H2,1H3. The Kier molecular flexibility index (Phi) is 9.35. The quantitative estimate of drug-likeness (QED) is 0.399. The van der Waals surface area contributed by atoms with E-state index in [1.54, 1.807) is 6.92 Å². The van der Waals surface area contributed by atoms with Gasteiger partial charge in [0.1, 0.15) is 0 Å². The normalized spacial score (nSPS) is 9.00. The van der Waals surface area contributed by atoms with Gasteiger partial charge in [-0.2, -0.15) is 0 Å². The lowest BCUT2D eigenvalue weighted by Gasteiger charge is -1.96. The molecule has 0 amide bonds. The molecular formula is C11H18O3. The summed E-state index contributed by atoms with van der Waals surface area (Å²) in [6.45, 7) is 2.45. The van der Waals surface area contributed by atoms with Crippen LogP contribution in [0, 0.1) is 11.8 Å². The molecular weight excluding hydrogens is 180 g/mol. The number of ether oxygens (including phenoxy) is 1. The molecule has 1 N–H and O–H groups in total. The number of esters is 1. The second kappa shape index (κ2) is 10.1. The number of unbranched alkanes of at least 4 members (excludes halogenated alkanes) is 2. The number of rotatable bonds is 6. The highest BCUT2D eigenvalue weighted by Crippen LogP contribution is 1.94. The fourth-order valence-corrected chi connectivity index (χ4v) is 0.900. The van der Waals surface area contributed by atoms with Crippen molar-refractivity contribution in [2.45, 2.75) is 39.0 Å². The molecule has 0 spiro atoms. The summed E-state index contributed by atoms with van der Waals surface area (Å²) >= 11 is 0. The zero-order valence-corrected chi connectivity index (χ0v) is 8.71. The lowest BCUT2D eigenvalue weighted by atomic mass is 10.2. The zero-order valence-electron chi connectivity index (χ0n) is 8.71. The van der Waals surface area contributed by atoms with Crippen LogP contribution in [0.25, 0.3) is 0 Å². The van der Waals surface area contributed by atoms with Crippen molar-refractivity contribution < 1.29 is 14.6 Å². The minimum Gasteiger partial charge on any atom is -0.466 e. The van der Waals surface area contributed by atoms with E-state index in [0.29, 0.717) is 19.4 Å². The van der Waals surface area contributed by atoms with Crippen molar-refractivity contribution in [2.75, 3.05) is 13.2 Å². The minimum atomic E-state index is -0.183. The van der Waals surface area contributed by atoms with E-state index >= 15 is 0 Å². The Morgan fingerprint density at radius 3 is 2.64 bits per heavy atom. The molecule has 0 aromatic heterocycles. The molecule has 0 bridgehead atoms. The Morgan fingerprint density at radius 1 is 1.29 bits per heavy atom. The maximum Gasteiger partial charge on any atom is 0.306 e. The number of carbonyl (C=O) groups excluding carboxylic acids is 1. The van der Waals surface area contributed by atoms with Crippen molar-refractivity contribution in [3.63, 3.8) is 0 Å². The fraction of sp³-hybridized carbons (Fsp3) is 0.727. The van der Waals surface area contributed by atoms with E-state index in [2.05, 4.69) is 11.8 Å². The highest BCUT2D eigenvalue weighted by atomic mass is 16.5. The molecule has 0 saturated carbocycles. The number of aliphatic hydroxyl groups excluding tert-OH is 1. The maximum atomic E-state index is 10.9. The van der Waals surface area contributed by atoms with Gasteiger partial charge in [-0.05, 0) is 19.8 Å². The first-order valence-corrected chi connectivity index (χ1v) is 5.03. The molecule has 0 aromatic rings. The van der Waals surface area contributed by atoms with Crippen molar-refractivity contribution in [1.82, 2.24) is 0 Å². The fourth-order valence-electron chi connectivity index (χ4n) is 0.900. The Bertz CT molecular complexity index is 200. The highest BCUT2D eigenvalue weighted by molar-refractivity contribution is 5.69. The number of hydrogen-bond acceptors (Lipinski definition) is 3. The number of aliphatic hydroxyl groups is 1. The Balaban J connectivity index is 3.29. The van der Waals surface area contributed by atoms with Gasteiger partial charge >= 0.3 is 5.97 Å². The minimum absolute atomic E-state index is 0.183. The van der Waals surface area contributed by atoms with E-state index in [1.165, 1.54) is 0 Å². The van der Waals surface area contributed by atoms with Gasteiger partial charge in [-0.1, -0.05) is 0 Å². The third-order valence-corrected chi connectivity index (χ3v) is 1.59. The summed E-state index contributed by atoms with van der Waals surface area (Å²) in [5, 5.41) is 8.49. The molecule has 0 unspecified atom stereocenters. The van der Waals surface area contributed by atoms with Crippen LogP contribution in [-0.4, -0.2) is 24.3 Å². The van der Waals surface area contributed by atoms with Crippen LogP contribution < -0.4 is 0 Å². The predicted molar refractivity (Wildman–Crippen MR) is 54.6 cm³/mol. The Labute approximate surface area is 85.5 Å². The van der Waals surface area contributed by atoms with Crippen LogP contribution in [0.4, 0.5) is 0 Å². The van der Waals surface area contributed by atoms with Crippen LogP contribution in [-0.2, 0) is 9.53 Å². The second-order valence-electron chi connectivity index (χ2n) is 2.84. The average Bonchev–Trinajstić information content (AvgIpc) is 2.17. The molecule has 0 saturated heterocycles. The first-order valence-electron chi connectivity index (χ1n) is 5.03. The van der Waals surface area contributed by atoms with Crippen molar-refractivity contribution >= 4 is 5.97 Å².